The number of phenols is 1. The van der Waals surface area contributed by atoms with Crippen LogP contribution in [0.1, 0.15) is 50.2 Å². The van der Waals surface area contributed by atoms with Crippen molar-refractivity contribution in [3.05, 3.63) is 45.7 Å². The van der Waals surface area contributed by atoms with Crippen LogP contribution < -0.4 is 15.8 Å². The van der Waals surface area contributed by atoms with Crippen LogP contribution in [-0.4, -0.2) is 33.1 Å². The second-order valence-electron chi connectivity index (χ2n) is 7.85. The van der Waals surface area contributed by atoms with E-state index in [4.69, 9.17) is 0 Å². The molecule has 3 N–H and O–H groups in total. The highest BCUT2D eigenvalue weighted by atomic mass is 16.3. The Kier molecular flexibility index (Phi) is 4.74. The Balaban J connectivity index is 1.85. The number of amides is 1. The molecular formula is C21H23N5O3. The number of rotatable bonds is 2. The summed E-state index contributed by atoms with van der Waals surface area (Å²) >= 11 is 0. The van der Waals surface area contributed by atoms with Crippen molar-refractivity contribution in [1.82, 2.24) is 9.97 Å². The highest BCUT2D eigenvalue weighted by molar-refractivity contribution is 5.98. The van der Waals surface area contributed by atoms with E-state index >= 15 is 0 Å². The first-order valence-electron chi connectivity index (χ1n) is 9.82. The van der Waals surface area contributed by atoms with Gasteiger partial charge in [-0.25, -0.2) is 0 Å². The Morgan fingerprint density at radius 1 is 1.17 bits per heavy atom. The number of aromatic hydroxyl groups is 1. The Morgan fingerprint density at radius 2 is 1.83 bits per heavy atom. The summed E-state index contributed by atoms with van der Waals surface area (Å²) in [6.07, 6.45) is 3.13. The highest BCUT2D eigenvalue weighted by Crippen LogP contribution is 2.39. The van der Waals surface area contributed by atoms with Gasteiger partial charge in [0.05, 0.1) is 11.6 Å². The summed E-state index contributed by atoms with van der Waals surface area (Å²) in [6.45, 7) is 4.19. The number of benzene rings is 1. The molecule has 2 aliphatic heterocycles. The van der Waals surface area contributed by atoms with Crippen LogP contribution in [0, 0.1) is 17.2 Å². The molecule has 8 nitrogen and oxygen atoms in total. The minimum Gasteiger partial charge on any atom is -0.508 e. The minimum absolute atomic E-state index is 0.0678. The number of hydrogen-bond acceptors (Lipinski definition) is 6. The third kappa shape index (κ3) is 3.23. The predicted molar refractivity (Wildman–Crippen MR) is 108 cm³/mol. The summed E-state index contributed by atoms with van der Waals surface area (Å²) in [7, 11) is 0. The van der Waals surface area contributed by atoms with Gasteiger partial charge in [0.25, 0.3) is 5.56 Å². The Labute approximate surface area is 168 Å². The van der Waals surface area contributed by atoms with Gasteiger partial charge < -0.3 is 15.3 Å². The second kappa shape index (κ2) is 7.24. The van der Waals surface area contributed by atoms with E-state index in [0.717, 1.165) is 19.3 Å². The van der Waals surface area contributed by atoms with Gasteiger partial charge in [0.1, 0.15) is 17.5 Å². The van der Waals surface area contributed by atoms with E-state index in [1.165, 1.54) is 12.1 Å². The largest absolute Gasteiger partial charge is 0.508 e. The van der Waals surface area contributed by atoms with E-state index in [9.17, 15) is 20.0 Å². The van der Waals surface area contributed by atoms with Gasteiger partial charge >= 0.3 is 0 Å². The summed E-state index contributed by atoms with van der Waals surface area (Å²) in [5.41, 5.74) is 0.501. The molecule has 0 spiro atoms. The van der Waals surface area contributed by atoms with Crippen molar-refractivity contribution >= 4 is 17.7 Å². The third-order valence-electron chi connectivity index (χ3n) is 5.94. The molecule has 1 amide bonds. The number of hydrogen-bond donors (Lipinski definition) is 3. The highest BCUT2D eigenvalue weighted by Gasteiger charge is 2.41. The monoisotopic (exact) mass is 393 g/mol. The fraction of sp³-hybridized carbons (Fsp3) is 0.429. The zero-order chi connectivity index (χ0) is 20.7. The zero-order valence-corrected chi connectivity index (χ0v) is 16.3. The van der Waals surface area contributed by atoms with Crippen molar-refractivity contribution in [2.45, 2.75) is 51.1 Å². The molecule has 1 saturated heterocycles. The molecule has 0 saturated carbocycles. The van der Waals surface area contributed by atoms with Crippen molar-refractivity contribution in [3.8, 4) is 11.8 Å². The molecule has 0 bridgehead atoms. The summed E-state index contributed by atoms with van der Waals surface area (Å²) < 4.78 is 0. The van der Waals surface area contributed by atoms with Crippen molar-refractivity contribution in [3.63, 3.8) is 0 Å². The fourth-order valence-corrected chi connectivity index (χ4v) is 4.50. The second-order valence-corrected chi connectivity index (χ2v) is 7.85. The van der Waals surface area contributed by atoms with Crippen LogP contribution in [0.15, 0.2) is 29.1 Å². The molecule has 8 heteroatoms. The molecular weight excluding hydrogens is 370 g/mol. The number of piperidine rings is 1. The Morgan fingerprint density at radius 3 is 2.45 bits per heavy atom. The first-order valence-corrected chi connectivity index (χ1v) is 9.82. The van der Waals surface area contributed by atoms with Gasteiger partial charge in [-0.15, -0.1) is 0 Å². The lowest BCUT2D eigenvalue weighted by Crippen LogP contribution is -2.46. The lowest BCUT2D eigenvalue weighted by Gasteiger charge is -2.40. The van der Waals surface area contributed by atoms with E-state index in [-0.39, 0.29) is 34.8 Å². The minimum atomic E-state index is -1.06. The number of aromatic amines is 1. The van der Waals surface area contributed by atoms with Crippen LogP contribution in [0.5, 0.6) is 5.75 Å². The number of nitrogens with one attached hydrogen (secondary N) is 2. The van der Waals surface area contributed by atoms with Crippen molar-refractivity contribution in [2.24, 2.45) is 5.92 Å². The Bertz CT molecular complexity index is 1030. The smallest absolute Gasteiger partial charge is 0.258 e. The van der Waals surface area contributed by atoms with Gasteiger partial charge in [-0.3, -0.25) is 14.6 Å². The molecule has 1 aromatic heterocycles. The zero-order valence-electron chi connectivity index (χ0n) is 16.3. The Hall–Kier alpha value is -3.34. The molecule has 1 aromatic carbocycles. The van der Waals surface area contributed by atoms with Crippen LogP contribution in [0.2, 0.25) is 0 Å². The number of H-pyrrole nitrogens is 1. The van der Waals surface area contributed by atoms with Crippen LogP contribution >= 0.6 is 0 Å². The lowest BCUT2D eigenvalue weighted by atomic mass is 9.79. The molecule has 4 atom stereocenters. The van der Waals surface area contributed by atoms with Crippen molar-refractivity contribution < 1.29 is 9.90 Å². The number of carbonyl (C=O) groups is 1. The summed E-state index contributed by atoms with van der Waals surface area (Å²) in [5, 5.41) is 21.8. The van der Waals surface area contributed by atoms with Gasteiger partial charge in [-0.05, 0) is 50.8 Å². The van der Waals surface area contributed by atoms with Crippen LogP contribution in [-0.2, 0) is 4.79 Å². The number of phenolic OH excluding ortho intramolecular Hbond substituents is 1. The van der Waals surface area contributed by atoms with E-state index < -0.39 is 17.7 Å². The number of aromatic nitrogens is 2. The molecule has 4 unspecified atom stereocenters. The van der Waals surface area contributed by atoms with Gasteiger partial charge in [-0.2, -0.15) is 10.2 Å². The summed E-state index contributed by atoms with van der Waals surface area (Å²) in [4.78, 5) is 35.3. The molecule has 150 valence electrons. The standard InChI is InChI=1S/C21H23N5O3/c1-11-4-3-5-12(2)26(11)21-24-18-17(20(29)25-21)16(15(10-22)19(28)23-18)13-6-8-14(27)9-7-13/h6-9,11-12,15-16,27H,3-5H2,1-2H3,(H2,23,24,25,28,29). The molecule has 0 aliphatic carbocycles. The lowest BCUT2D eigenvalue weighted by molar-refractivity contribution is -0.119. The number of nitrogens with zero attached hydrogens (tertiary/aromatic N) is 3. The number of carbonyl (C=O) groups excluding carboxylic acids is 1. The van der Waals surface area contributed by atoms with Gasteiger partial charge in [0, 0.05) is 18.0 Å². The van der Waals surface area contributed by atoms with Crippen LogP contribution in [0.3, 0.4) is 0 Å². The maximum Gasteiger partial charge on any atom is 0.258 e. The van der Waals surface area contributed by atoms with Gasteiger partial charge in [-0.1, -0.05) is 12.1 Å². The van der Waals surface area contributed by atoms with E-state index in [2.05, 4.69) is 34.0 Å². The average Bonchev–Trinajstić information content (AvgIpc) is 2.67. The molecule has 2 aromatic rings. The van der Waals surface area contributed by atoms with Gasteiger partial charge in [0.2, 0.25) is 11.9 Å². The average molecular weight is 393 g/mol. The molecule has 3 heterocycles. The van der Waals surface area contributed by atoms with Crippen LogP contribution in [0.4, 0.5) is 11.8 Å². The summed E-state index contributed by atoms with van der Waals surface area (Å²) in [5.74, 6) is -1.60. The first-order chi connectivity index (χ1) is 13.9. The molecule has 29 heavy (non-hydrogen) atoms. The SMILES string of the molecule is CC1CCCC(C)N1c1nc2c(c(=O)[nH]1)C(c1ccc(O)cc1)C(C#N)C(=O)N2. The summed E-state index contributed by atoms with van der Waals surface area (Å²) in [6, 6.07) is 8.64. The number of anilines is 2. The predicted octanol–water partition coefficient (Wildman–Crippen LogP) is 2.47. The van der Waals surface area contributed by atoms with E-state index in [1.807, 2.05) is 6.07 Å². The molecule has 1 fully saturated rings. The molecule has 4 rings (SSSR count). The fourth-order valence-electron chi connectivity index (χ4n) is 4.50. The number of nitriles is 1. The maximum absolute atomic E-state index is 13.1. The number of fused-ring (bicyclic) bond motifs is 1. The third-order valence-corrected chi connectivity index (χ3v) is 5.94. The van der Waals surface area contributed by atoms with E-state index in [0.29, 0.717) is 11.5 Å². The van der Waals surface area contributed by atoms with Gasteiger partial charge in [0.15, 0.2) is 0 Å². The molecule has 0 radical (unpaired) electrons. The maximum atomic E-state index is 13.1. The van der Waals surface area contributed by atoms with Crippen LogP contribution in [0.25, 0.3) is 0 Å². The quantitative estimate of drug-likeness (QED) is 0.720. The first kappa shape index (κ1) is 19.0. The van der Waals surface area contributed by atoms with E-state index in [1.54, 1.807) is 12.1 Å². The normalized spacial score (nSPS) is 26.4. The van der Waals surface area contributed by atoms with Crippen molar-refractivity contribution in [1.29, 1.82) is 5.26 Å². The van der Waals surface area contributed by atoms with Crippen molar-refractivity contribution in [2.75, 3.05) is 10.2 Å². The topological polar surface area (TPSA) is 122 Å². The molecule has 2 aliphatic rings.